The van der Waals surface area contributed by atoms with Crippen LogP contribution in [-0.4, -0.2) is 0 Å². The molecule has 0 aliphatic rings. The van der Waals surface area contributed by atoms with E-state index in [0.717, 1.165) is 5.57 Å². The second kappa shape index (κ2) is 7.77. The summed E-state index contributed by atoms with van der Waals surface area (Å²) in [5.41, 5.74) is 4.67. The SMILES string of the molecule is C#CC(C=C(c1ccccc1)c1ccccc1)c1cccc2ccccc12. The van der Waals surface area contributed by atoms with Gasteiger partial charge in [-0.3, -0.25) is 0 Å². The second-order valence-corrected chi connectivity index (χ2v) is 6.53. The molecule has 0 saturated heterocycles. The van der Waals surface area contributed by atoms with Crippen molar-refractivity contribution in [2.75, 3.05) is 0 Å². The van der Waals surface area contributed by atoms with E-state index in [1.54, 1.807) is 0 Å². The molecule has 128 valence electrons. The van der Waals surface area contributed by atoms with Crippen molar-refractivity contribution in [3.8, 4) is 12.3 Å². The first-order valence-electron chi connectivity index (χ1n) is 9.13. The minimum atomic E-state index is -0.105. The van der Waals surface area contributed by atoms with E-state index in [0.29, 0.717) is 0 Å². The molecule has 0 saturated carbocycles. The topological polar surface area (TPSA) is 0 Å². The van der Waals surface area contributed by atoms with Gasteiger partial charge in [0.1, 0.15) is 0 Å². The molecule has 0 N–H and O–H groups in total. The van der Waals surface area contributed by atoms with Crippen molar-refractivity contribution in [3.05, 3.63) is 126 Å². The highest BCUT2D eigenvalue weighted by Gasteiger charge is 2.13. The normalized spacial score (nSPS) is 11.5. The van der Waals surface area contributed by atoms with Crippen molar-refractivity contribution >= 4 is 16.3 Å². The van der Waals surface area contributed by atoms with Crippen molar-refractivity contribution in [2.24, 2.45) is 0 Å². The van der Waals surface area contributed by atoms with Crippen LogP contribution in [0.3, 0.4) is 0 Å². The maximum Gasteiger partial charge on any atom is 0.0645 e. The van der Waals surface area contributed by atoms with E-state index in [2.05, 4.69) is 103 Å². The Bertz CT molecular complexity index is 1070. The van der Waals surface area contributed by atoms with Crippen LogP contribution in [0.15, 0.2) is 109 Å². The van der Waals surface area contributed by atoms with Crippen LogP contribution in [0.4, 0.5) is 0 Å². The van der Waals surface area contributed by atoms with Gasteiger partial charge < -0.3 is 0 Å². The zero-order valence-corrected chi connectivity index (χ0v) is 15.0. The summed E-state index contributed by atoms with van der Waals surface area (Å²) in [5.74, 6) is 2.90. The summed E-state index contributed by atoms with van der Waals surface area (Å²) >= 11 is 0. The molecule has 0 bridgehead atoms. The fourth-order valence-electron chi connectivity index (χ4n) is 3.51. The van der Waals surface area contributed by atoms with Crippen LogP contribution in [0.1, 0.15) is 22.6 Å². The number of rotatable bonds is 4. The van der Waals surface area contributed by atoms with E-state index < -0.39 is 0 Å². The molecule has 0 radical (unpaired) electrons. The largest absolute Gasteiger partial charge is 0.119 e. The van der Waals surface area contributed by atoms with Gasteiger partial charge in [-0.1, -0.05) is 115 Å². The molecule has 4 aromatic carbocycles. The zero-order valence-electron chi connectivity index (χ0n) is 15.0. The Morgan fingerprint density at radius 2 is 1.22 bits per heavy atom. The van der Waals surface area contributed by atoms with Crippen molar-refractivity contribution in [3.63, 3.8) is 0 Å². The lowest BCUT2D eigenvalue weighted by atomic mass is 9.88. The van der Waals surface area contributed by atoms with Gasteiger partial charge in [0.2, 0.25) is 0 Å². The fourth-order valence-corrected chi connectivity index (χ4v) is 3.51. The van der Waals surface area contributed by atoms with E-state index in [9.17, 15) is 0 Å². The van der Waals surface area contributed by atoms with Crippen LogP contribution in [0, 0.1) is 12.3 Å². The predicted molar refractivity (Wildman–Crippen MR) is 115 cm³/mol. The highest BCUT2D eigenvalue weighted by atomic mass is 14.2. The number of hydrogen-bond acceptors (Lipinski definition) is 0. The van der Waals surface area contributed by atoms with Crippen molar-refractivity contribution in [2.45, 2.75) is 5.92 Å². The summed E-state index contributed by atoms with van der Waals surface area (Å²) in [6, 6.07) is 35.6. The summed E-state index contributed by atoms with van der Waals surface area (Å²) in [5, 5.41) is 2.42. The number of benzene rings is 4. The van der Waals surface area contributed by atoms with Crippen LogP contribution in [-0.2, 0) is 0 Å². The molecular weight excluding hydrogens is 324 g/mol. The maximum atomic E-state index is 6.01. The van der Waals surface area contributed by atoms with E-state index in [1.165, 1.54) is 27.5 Å². The van der Waals surface area contributed by atoms with Gasteiger partial charge in [-0.15, -0.1) is 6.42 Å². The van der Waals surface area contributed by atoms with E-state index in [4.69, 9.17) is 6.42 Å². The molecular formula is C27H20. The van der Waals surface area contributed by atoms with Gasteiger partial charge in [0.25, 0.3) is 0 Å². The van der Waals surface area contributed by atoms with Crippen molar-refractivity contribution in [1.29, 1.82) is 0 Å². The zero-order chi connectivity index (χ0) is 18.5. The molecule has 0 heterocycles. The molecule has 0 aliphatic heterocycles. The van der Waals surface area contributed by atoms with E-state index in [1.807, 2.05) is 12.1 Å². The van der Waals surface area contributed by atoms with Gasteiger partial charge in [-0.2, -0.15) is 0 Å². The third kappa shape index (κ3) is 3.54. The van der Waals surface area contributed by atoms with Crippen LogP contribution in [0.2, 0.25) is 0 Å². The molecule has 0 heteroatoms. The molecule has 0 aromatic heterocycles. The minimum Gasteiger partial charge on any atom is -0.119 e. The van der Waals surface area contributed by atoms with Crippen LogP contribution in [0.25, 0.3) is 16.3 Å². The maximum absolute atomic E-state index is 6.01. The Kier molecular flexibility index (Phi) is 4.86. The summed E-state index contributed by atoms with van der Waals surface area (Å²) in [4.78, 5) is 0. The molecule has 1 atom stereocenters. The number of terminal acetylenes is 1. The van der Waals surface area contributed by atoms with Crippen molar-refractivity contribution in [1.82, 2.24) is 0 Å². The molecule has 0 spiro atoms. The summed E-state index contributed by atoms with van der Waals surface area (Å²) in [6.07, 6.45) is 8.22. The first kappa shape index (κ1) is 16.9. The Morgan fingerprint density at radius 3 is 1.85 bits per heavy atom. The number of hydrogen-bond donors (Lipinski definition) is 0. The van der Waals surface area contributed by atoms with Crippen LogP contribution >= 0.6 is 0 Å². The molecule has 1 unspecified atom stereocenters. The van der Waals surface area contributed by atoms with E-state index >= 15 is 0 Å². The average molecular weight is 344 g/mol. The van der Waals surface area contributed by atoms with Gasteiger partial charge in [-0.05, 0) is 33.0 Å². The quantitative estimate of drug-likeness (QED) is 0.362. The summed E-state index contributed by atoms with van der Waals surface area (Å²) < 4.78 is 0. The molecule has 0 aliphatic carbocycles. The van der Waals surface area contributed by atoms with Crippen LogP contribution in [0.5, 0.6) is 0 Å². The summed E-state index contributed by atoms with van der Waals surface area (Å²) in [7, 11) is 0. The van der Waals surface area contributed by atoms with Gasteiger partial charge in [-0.25, -0.2) is 0 Å². The molecule has 27 heavy (non-hydrogen) atoms. The Hall–Kier alpha value is -3.56. The number of fused-ring (bicyclic) bond motifs is 1. The van der Waals surface area contributed by atoms with E-state index in [-0.39, 0.29) is 5.92 Å². The molecule has 4 aromatic rings. The smallest absolute Gasteiger partial charge is 0.0645 e. The van der Waals surface area contributed by atoms with Crippen molar-refractivity contribution < 1.29 is 0 Å². The molecule has 0 amide bonds. The standard InChI is InChI=1S/C27H20/c1-2-21(25-19-11-17-22-16-9-10-18-26(22)25)20-27(23-12-5-3-6-13-23)24-14-7-4-8-15-24/h1,3-21H. The first-order chi connectivity index (χ1) is 13.4. The molecule has 0 nitrogen and oxygen atoms in total. The average Bonchev–Trinajstić information content (AvgIpc) is 2.76. The highest BCUT2D eigenvalue weighted by Crippen LogP contribution is 2.31. The Morgan fingerprint density at radius 1 is 0.667 bits per heavy atom. The first-order valence-corrected chi connectivity index (χ1v) is 9.13. The number of allylic oxidation sites excluding steroid dienone is 1. The van der Waals surface area contributed by atoms with Gasteiger partial charge >= 0.3 is 0 Å². The molecule has 0 fully saturated rings. The third-order valence-electron chi connectivity index (χ3n) is 4.84. The van der Waals surface area contributed by atoms with Gasteiger partial charge in [0.15, 0.2) is 0 Å². The Labute approximate surface area is 160 Å². The second-order valence-electron chi connectivity index (χ2n) is 6.53. The fraction of sp³-hybridized carbons (Fsp3) is 0.0370. The lowest BCUT2D eigenvalue weighted by Gasteiger charge is -2.15. The van der Waals surface area contributed by atoms with Crippen LogP contribution < -0.4 is 0 Å². The lowest BCUT2D eigenvalue weighted by Crippen LogP contribution is -1.97. The third-order valence-corrected chi connectivity index (χ3v) is 4.84. The minimum absolute atomic E-state index is 0.105. The lowest BCUT2D eigenvalue weighted by molar-refractivity contribution is 1.15. The summed E-state index contributed by atoms with van der Waals surface area (Å²) in [6.45, 7) is 0. The van der Waals surface area contributed by atoms with Gasteiger partial charge in [0.05, 0.1) is 5.92 Å². The van der Waals surface area contributed by atoms with Gasteiger partial charge in [0, 0.05) is 0 Å². The Balaban J connectivity index is 1.89. The monoisotopic (exact) mass is 344 g/mol. The highest BCUT2D eigenvalue weighted by molar-refractivity contribution is 5.88. The molecule has 4 rings (SSSR count). The predicted octanol–water partition coefficient (Wildman–Crippen LogP) is 6.69.